The lowest BCUT2D eigenvalue weighted by Crippen LogP contribution is -1.76. The Bertz CT molecular complexity index is 423. The standard InChI is InChI=1S/C10H6BrI/c11-8-4-5-9-7(6-8)2-1-3-10(9)12/h1-6H. The molecule has 0 aliphatic heterocycles. The summed E-state index contributed by atoms with van der Waals surface area (Å²) in [6.45, 7) is 0. The van der Waals surface area contributed by atoms with E-state index in [9.17, 15) is 0 Å². The Hall–Kier alpha value is -0.0900. The van der Waals surface area contributed by atoms with Crippen LogP contribution in [0.5, 0.6) is 0 Å². The van der Waals surface area contributed by atoms with E-state index in [4.69, 9.17) is 0 Å². The molecule has 0 saturated carbocycles. The molecule has 0 spiro atoms. The highest BCUT2D eigenvalue weighted by molar-refractivity contribution is 14.1. The van der Waals surface area contributed by atoms with Crippen LogP contribution in [0, 0.1) is 3.57 Å². The average molecular weight is 333 g/mol. The van der Waals surface area contributed by atoms with E-state index in [1.807, 2.05) is 0 Å². The summed E-state index contributed by atoms with van der Waals surface area (Å²) in [7, 11) is 0. The van der Waals surface area contributed by atoms with Gasteiger partial charge in [0.2, 0.25) is 0 Å². The van der Waals surface area contributed by atoms with E-state index >= 15 is 0 Å². The molecule has 0 unspecified atom stereocenters. The van der Waals surface area contributed by atoms with E-state index in [1.165, 1.54) is 14.3 Å². The quantitative estimate of drug-likeness (QED) is 0.634. The lowest BCUT2D eigenvalue weighted by molar-refractivity contribution is 1.67. The third kappa shape index (κ3) is 1.50. The van der Waals surface area contributed by atoms with Gasteiger partial charge in [0.1, 0.15) is 0 Å². The van der Waals surface area contributed by atoms with E-state index in [2.05, 4.69) is 74.9 Å². The lowest BCUT2D eigenvalue weighted by Gasteiger charge is -1.99. The second kappa shape index (κ2) is 3.34. The van der Waals surface area contributed by atoms with Gasteiger partial charge in [-0.25, -0.2) is 0 Å². The topological polar surface area (TPSA) is 0 Å². The number of rotatable bonds is 0. The summed E-state index contributed by atoms with van der Waals surface area (Å²) in [4.78, 5) is 0. The van der Waals surface area contributed by atoms with Crippen LogP contribution >= 0.6 is 38.5 Å². The maximum absolute atomic E-state index is 3.45. The molecule has 0 radical (unpaired) electrons. The van der Waals surface area contributed by atoms with Gasteiger partial charge >= 0.3 is 0 Å². The molecule has 0 nitrogen and oxygen atoms in total. The van der Waals surface area contributed by atoms with Gasteiger partial charge in [-0.3, -0.25) is 0 Å². The minimum absolute atomic E-state index is 1.14. The second-order valence-electron chi connectivity index (χ2n) is 2.61. The highest BCUT2D eigenvalue weighted by atomic mass is 127. The smallest absolute Gasteiger partial charge is 0.0208 e. The largest absolute Gasteiger partial charge is 0.0606 e. The van der Waals surface area contributed by atoms with E-state index in [-0.39, 0.29) is 0 Å². The summed E-state index contributed by atoms with van der Waals surface area (Å²) >= 11 is 5.81. The van der Waals surface area contributed by atoms with Gasteiger partial charge in [-0.05, 0) is 51.6 Å². The highest BCUT2D eigenvalue weighted by Crippen LogP contribution is 2.23. The monoisotopic (exact) mass is 332 g/mol. The molecule has 0 aromatic heterocycles. The number of fused-ring (bicyclic) bond motifs is 1. The zero-order valence-corrected chi connectivity index (χ0v) is 9.96. The Balaban J connectivity index is 2.86. The van der Waals surface area contributed by atoms with E-state index in [0.29, 0.717) is 0 Å². The molecule has 2 heteroatoms. The first-order valence-electron chi connectivity index (χ1n) is 3.61. The fourth-order valence-corrected chi connectivity index (χ4v) is 2.29. The number of halogens is 2. The van der Waals surface area contributed by atoms with Crippen LogP contribution in [0.1, 0.15) is 0 Å². The van der Waals surface area contributed by atoms with Crippen molar-refractivity contribution < 1.29 is 0 Å². The predicted molar refractivity (Wildman–Crippen MR) is 64.4 cm³/mol. The maximum atomic E-state index is 3.45. The van der Waals surface area contributed by atoms with Gasteiger partial charge in [0, 0.05) is 8.04 Å². The van der Waals surface area contributed by atoms with Crippen molar-refractivity contribution in [3.05, 3.63) is 44.4 Å². The zero-order valence-electron chi connectivity index (χ0n) is 6.22. The Morgan fingerprint density at radius 2 is 1.92 bits per heavy atom. The highest BCUT2D eigenvalue weighted by Gasteiger charge is 1.96. The van der Waals surface area contributed by atoms with Crippen LogP contribution in [0.4, 0.5) is 0 Å². The van der Waals surface area contributed by atoms with Crippen molar-refractivity contribution in [3.63, 3.8) is 0 Å². The molecule has 60 valence electrons. The molecule has 0 fully saturated rings. The van der Waals surface area contributed by atoms with Crippen LogP contribution < -0.4 is 0 Å². The molecule has 0 atom stereocenters. The summed E-state index contributed by atoms with van der Waals surface area (Å²) in [6.07, 6.45) is 0. The van der Waals surface area contributed by atoms with Crippen LogP contribution in [-0.4, -0.2) is 0 Å². The number of hydrogen-bond acceptors (Lipinski definition) is 0. The SMILES string of the molecule is Brc1ccc2c(I)cccc2c1. The molecular weight excluding hydrogens is 327 g/mol. The molecule has 2 aromatic rings. The molecule has 2 rings (SSSR count). The van der Waals surface area contributed by atoms with Gasteiger partial charge in [0.15, 0.2) is 0 Å². The van der Waals surface area contributed by atoms with Crippen molar-refractivity contribution in [3.8, 4) is 0 Å². The van der Waals surface area contributed by atoms with Gasteiger partial charge in [-0.15, -0.1) is 0 Å². The van der Waals surface area contributed by atoms with Crippen molar-refractivity contribution in [2.24, 2.45) is 0 Å². The lowest BCUT2D eigenvalue weighted by atomic mass is 10.1. The zero-order chi connectivity index (χ0) is 8.55. The third-order valence-electron chi connectivity index (χ3n) is 1.79. The fraction of sp³-hybridized carbons (Fsp3) is 0. The maximum Gasteiger partial charge on any atom is 0.0208 e. The molecule has 0 saturated heterocycles. The first-order chi connectivity index (χ1) is 5.77. The van der Waals surface area contributed by atoms with Crippen molar-refractivity contribution in [2.75, 3.05) is 0 Å². The van der Waals surface area contributed by atoms with Gasteiger partial charge < -0.3 is 0 Å². The average Bonchev–Trinajstić information content (AvgIpc) is 2.04. The summed E-state index contributed by atoms with van der Waals surface area (Å²) in [6, 6.07) is 12.7. The molecule has 0 aliphatic rings. The fourth-order valence-electron chi connectivity index (χ4n) is 1.22. The first-order valence-corrected chi connectivity index (χ1v) is 5.48. The van der Waals surface area contributed by atoms with E-state index < -0.39 is 0 Å². The summed E-state index contributed by atoms with van der Waals surface area (Å²) in [5.41, 5.74) is 0. The van der Waals surface area contributed by atoms with Crippen molar-refractivity contribution in [1.82, 2.24) is 0 Å². The van der Waals surface area contributed by atoms with Crippen LogP contribution in [0.15, 0.2) is 40.9 Å². The van der Waals surface area contributed by atoms with Crippen molar-refractivity contribution in [1.29, 1.82) is 0 Å². The van der Waals surface area contributed by atoms with Crippen LogP contribution in [0.3, 0.4) is 0 Å². The van der Waals surface area contributed by atoms with Gasteiger partial charge in [0.05, 0.1) is 0 Å². The minimum atomic E-state index is 1.14. The molecule has 0 amide bonds. The second-order valence-corrected chi connectivity index (χ2v) is 4.68. The van der Waals surface area contributed by atoms with E-state index in [0.717, 1.165) is 4.47 Å². The summed E-state index contributed by atoms with van der Waals surface area (Å²) in [5.74, 6) is 0. The Labute approximate surface area is 93.2 Å². The number of benzene rings is 2. The molecular formula is C10H6BrI. The van der Waals surface area contributed by atoms with Gasteiger partial charge in [0.25, 0.3) is 0 Å². The molecule has 12 heavy (non-hydrogen) atoms. The van der Waals surface area contributed by atoms with Crippen molar-refractivity contribution in [2.45, 2.75) is 0 Å². The van der Waals surface area contributed by atoms with Gasteiger partial charge in [-0.2, -0.15) is 0 Å². The summed E-state index contributed by atoms with van der Waals surface area (Å²) < 4.78 is 2.44. The Morgan fingerprint density at radius 1 is 1.08 bits per heavy atom. The molecule has 0 aliphatic carbocycles. The molecule has 0 bridgehead atoms. The van der Waals surface area contributed by atoms with Crippen LogP contribution in [0.2, 0.25) is 0 Å². The Kier molecular flexibility index (Phi) is 2.37. The van der Waals surface area contributed by atoms with Crippen LogP contribution in [-0.2, 0) is 0 Å². The summed E-state index contributed by atoms with van der Waals surface area (Å²) in [5, 5.41) is 2.61. The van der Waals surface area contributed by atoms with E-state index in [1.54, 1.807) is 0 Å². The predicted octanol–water partition coefficient (Wildman–Crippen LogP) is 4.21. The first kappa shape index (κ1) is 8.51. The normalized spacial score (nSPS) is 10.5. The molecule has 0 N–H and O–H groups in total. The molecule has 0 heterocycles. The molecule has 2 aromatic carbocycles. The number of hydrogen-bond donors (Lipinski definition) is 0. The van der Waals surface area contributed by atoms with Crippen LogP contribution in [0.25, 0.3) is 10.8 Å². The minimum Gasteiger partial charge on any atom is -0.0606 e. The van der Waals surface area contributed by atoms with Crippen molar-refractivity contribution >= 4 is 49.3 Å². The van der Waals surface area contributed by atoms with Gasteiger partial charge in [-0.1, -0.05) is 34.1 Å². The Morgan fingerprint density at radius 3 is 2.75 bits per heavy atom. The third-order valence-corrected chi connectivity index (χ3v) is 3.22.